The van der Waals surface area contributed by atoms with Gasteiger partial charge in [0.05, 0.1) is 22.7 Å². The third kappa shape index (κ3) is 1.93. The summed E-state index contributed by atoms with van der Waals surface area (Å²) in [6, 6.07) is 6.80. The molecule has 92 valence electrons. The highest BCUT2D eigenvalue weighted by Gasteiger charge is 2.45. The van der Waals surface area contributed by atoms with Crippen molar-refractivity contribution in [3.8, 4) is 6.07 Å². The molecule has 0 atom stereocenters. The van der Waals surface area contributed by atoms with Gasteiger partial charge in [0.2, 0.25) is 11.8 Å². The zero-order chi connectivity index (χ0) is 13.5. The Balaban J connectivity index is 2.48. The van der Waals surface area contributed by atoms with Gasteiger partial charge in [0.15, 0.2) is 0 Å². The second kappa shape index (κ2) is 4.21. The first-order valence-corrected chi connectivity index (χ1v) is 6.23. The van der Waals surface area contributed by atoms with Crippen LogP contribution in [0.2, 0.25) is 0 Å². The van der Waals surface area contributed by atoms with Crippen LogP contribution in [0.4, 0.5) is 5.69 Å². The summed E-state index contributed by atoms with van der Waals surface area (Å²) in [5.41, 5.74) is 0.309. The van der Waals surface area contributed by atoms with Gasteiger partial charge in [0, 0.05) is 10.9 Å². The zero-order valence-corrected chi connectivity index (χ0v) is 11.6. The first-order chi connectivity index (χ1) is 8.36. The largest absolute Gasteiger partial charge is 0.274 e. The van der Waals surface area contributed by atoms with Crippen molar-refractivity contribution >= 4 is 33.4 Å². The van der Waals surface area contributed by atoms with Gasteiger partial charge in [-0.2, -0.15) is 5.26 Å². The number of carbonyl (C=O) groups excluding carboxylic acids is 2. The van der Waals surface area contributed by atoms with Crippen molar-refractivity contribution in [2.24, 2.45) is 5.41 Å². The number of anilines is 1. The summed E-state index contributed by atoms with van der Waals surface area (Å²) in [7, 11) is 0. The maximum Gasteiger partial charge on any atom is 0.239 e. The maximum atomic E-state index is 12.2. The molecule has 1 aliphatic heterocycles. The predicted molar refractivity (Wildman–Crippen MR) is 69.7 cm³/mol. The van der Waals surface area contributed by atoms with Crippen molar-refractivity contribution < 1.29 is 9.59 Å². The summed E-state index contributed by atoms with van der Waals surface area (Å²) in [5, 5.41) is 8.79. The predicted octanol–water partition coefficient (Wildman–Crippen LogP) is 2.61. The van der Waals surface area contributed by atoms with Crippen molar-refractivity contribution in [2.45, 2.75) is 20.3 Å². The van der Waals surface area contributed by atoms with Gasteiger partial charge < -0.3 is 0 Å². The Bertz CT molecular complexity index is 587. The number of nitrogens with zero attached hydrogens (tertiary/aromatic N) is 2. The fraction of sp³-hybridized carbons (Fsp3) is 0.308. The van der Waals surface area contributed by atoms with E-state index in [1.165, 1.54) is 4.90 Å². The molecule has 4 nitrogen and oxygen atoms in total. The number of halogens is 1. The van der Waals surface area contributed by atoms with Gasteiger partial charge in [-0.25, -0.2) is 4.90 Å². The van der Waals surface area contributed by atoms with Crippen LogP contribution in [0.5, 0.6) is 0 Å². The SMILES string of the molecule is CC1(C)CC(=O)N(c2ccc(C#N)cc2Br)C1=O. The van der Waals surface area contributed by atoms with Gasteiger partial charge in [-0.3, -0.25) is 9.59 Å². The van der Waals surface area contributed by atoms with Crippen LogP contribution in [-0.4, -0.2) is 11.8 Å². The lowest BCUT2D eigenvalue weighted by atomic mass is 9.92. The average Bonchev–Trinajstić information content (AvgIpc) is 2.49. The minimum absolute atomic E-state index is 0.207. The molecule has 0 aromatic heterocycles. The Morgan fingerprint density at radius 1 is 1.39 bits per heavy atom. The highest BCUT2D eigenvalue weighted by Crippen LogP contribution is 2.38. The third-order valence-electron chi connectivity index (χ3n) is 2.94. The topological polar surface area (TPSA) is 61.2 Å². The molecule has 0 radical (unpaired) electrons. The van der Waals surface area contributed by atoms with E-state index < -0.39 is 5.41 Å². The minimum atomic E-state index is -0.662. The smallest absolute Gasteiger partial charge is 0.239 e. The van der Waals surface area contributed by atoms with Gasteiger partial charge in [-0.15, -0.1) is 0 Å². The number of imide groups is 1. The lowest BCUT2D eigenvalue weighted by Gasteiger charge is -2.19. The van der Waals surface area contributed by atoms with Gasteiger partial charge in [-0.05, 0) is 34.1 Å². The van der Waals surface area contributed by atoms with Gasteiger partial charge in [0.25, 0.3) is 0 Å². The van der Waals surface area contributed by atoms with Crippen LogP contribution in [0.3, 0.4) is 0 Å². The second-order valence-corrected chi connectivity index (χ2v) is 5.73. The molecule has 0 N–H and O–H groups in total. The van der Waals surface area contributed by atoms with Crippen molar-refractivity contribution in [3.63, 3.8) is 0 Å². The van der Waals surface area contributed by atoms with E-state index in [4.69, 9.17) is 5.26 Å². The average molecular weight is 307 g/mol. The molecule has 0 saturated carbocycles. The molecule has 0 bridgehead atoms. The Kier molecular flexibility index (Phi) is 2.99. The summed E-state index contributed by atoms with van der Waals surface area (Å²) in [6.07, 6.45) is 0.207. The summed E-state index contributed by atoms with van der Waals surface area (Å²) in [4.78, 5) is 25.3. The van der Waals surface area contributed by atoms with E-state index in [9.17, 15) is 9.59 Å². The number of rotatable bonds is 1. The standard InChI is InChI=1S/C13H11BrN2O2/c1-13(2)6-11(17)16(12(13)18)10-4-3-8(7-15)5-9(10)14/h3-5H,6H2,1-2H3. The number of nitriles is 1. The highest BCUT2D eigenvalue weighted by molar-refractivity contribution is 9.10. The molecule has 18 heavy (non-hydrogen) atoms. The van der Waals surface area contributed by atoms with Crippen LogP contribution < -0.4 is 4.90 Å². The molecule has 1 heterocycles. The Morgan fingerprint density at radius 2 is 2.06 bits per heavy atom. The zero-order valence-electron chi connectivity index (χ0n) is 10.0. The van der Waals surface area contributed by atoms with Gasteiger partial charge in [-0.1, -0.05) is 13.8 Å². The Labute approximate surface area is 113 Å². The van der Waals surface area contributed by atoms with E-state index in [0.717, 1.165) is 0 Å². The molecule has 1 aromatic carbocycles. The van der Waals surface area contributed by atoms with Crippen molar-refractivity contribution in [1.29, 1.82) is 5.26 Å². The van der Waals surface area contributed by atoms with Gasteiger partial charge >= 0.3 is 0 Å². The van der Waals surface area contributed by atoms with Crippen molar-refractivity contribution in [2.75, 3.05) is 4.90 Å². The maximum absolute atomic E-state index is 12.2. The van der Waals surface area contributed by atoms with Crippen molar-refractivity contribution in [3.05, 3.63) is 28.2 Å². The molecule has 1 fully saturated rings. The molecule has 1 aliphatic rings. The number of amides is 2. The van der Waals surface area contributed by atoms with Crippen LogP contribution >= 0.6 is 15.9 Å². The minimum Gasteiger partial charge on any atom is -0.274 e. The van der Waals surface area contributed by atoms with Crippen LogP contribution in [0, 0.1) is 16.7 Å². The van der Waals surface area contributed by atoms with E-state index in [0.29, 0.717) is 15.7 Å². The molecule has 2 amide bonds. The molecular weight excluding hydrogens is 296 g/mol. The number of benzene rings is 1. The monoisotopic (exact) mass is 306 g/mol. The van der Waals surface area contributed by atoms with E-state index in [2.05, 4.69) is 15.9 Å². The van der Waals surface area contributed by atoms with Crippen molar-refractivity contribution in [1.82, 2.24) is 0 Å². The number of hydrogen-bond donors (Lipinski definition) is 0. The second-order valence-electron chi connectivity index (χ2n) is 4.87. The van der Waals surface area contributed by atoms with Gasteiger partial charge in [0.1, 0.15) is 0 Å². The normalized spacial score (nSPS) is 18.0. The first-order valence-electron chi connectivity index (χ1n) is 5.44. The highest BCUT2D eigenvalue weighted by atomic mass is 79.9. The molecule has 0 spiro atoms. The Morgan fingerprint density at radius 3 is 2.50 bits per heavy atom. The van der Waals surface area contributed by atoms with E-state index >= 15 is 0 Å². The number of hydrogen-bond acceptors (Lipinski definition) is 3. The molecular formula is C13H11BrN2O2. The van der Waals surface area contributed by atoms with Crippen LogP contribution in [0.15, 0.2) is 22.7 Å². The van der Waals surface area contributed by atoms with Crippen LogP contribution in [0.25, 0.3) is 0 Å². The summed E-state index contributed by atoms with van der Waals surface area (Å²) >= 11 is 3.29. The lowest BCUT2D eigenvalue weighted by Crippen LogP contribution is -2.33. The van der Waals surface area contributed by atoms with E-state index in [1.807, 2.05) is 6.07 Å². The summed E-state index contributed by atoms with van der Waals surface area (Å²) in [5.74, 6) is -0.423. The Hall–Kier alpha value is -1.67. The third-order valence-corrected chi connectivity index (χ3v) is 3.58. The molecule has 1 aromatic rings. The molecule has 1 saturated heterocycles. The number of carbonyl (C=O) groups is 2. The molecule has 2 rings (SSSR count). The molecule has 5 heteroatoms. The fourth-order valence-electron chi connectivity index (χ4n) is 1.95. The van der Waals surface area contributed by atoms with E-state index in [1.54, 1.807) is 32.0 Å². The first kappa shape index (κ1) is 12.8. The quantitative estimate of drug-likeness (QED) is 0.749. The van der Waals surface area contributed by atoms with Crippen LogP contribution in [-0.2, 0) is 9.59 Å². The molecule has 0 aliphatic carbocycles. The summed E-state index contributed by atoms with van der Waals surface area (Å²) < 4.78 is 0.570. The van der Waals surface area contributed by atoms with Crippen LogP contribution in [0.1, 0.15) is 25.8 Å². The summed E-state index contributed by atoms with van der Waals surface area (Å²) in [6.45, 7) is 3.51. The lowest BCUT2D eigenvalue weighted by molar-refractivity contribution is -0.124. The fourth-order valence-corrected chi connectivity index (χ4v) is 2.51. The van der Waals surface area contributed by atoms with E-state index in [-0.39, 0.29) is 18.2 Å². The molecule has 0 unspecified atom stereocenters.